The molecule has 0 bridgehead atoms. The second kappa shape index (κ2) is 7.78. The maximum absolute atomic E-state index is 12.7. The molecule has 2 amide bonds. The van der Waals surface area contributed by atoms with E-state index in [0.29, 0.717) is 29.3 Å². The van der Waals surface area contributed by atoms with E-state index >= 15 is 0 Å². The van der Waals surface area contributed by atoms with E-state index in [0.717, 1.165) is 49.0 Å². The van der Waals surface area contributed by atoms with Gasteiger partial charge >= 0.3 is 0 Å². The lowest BCUT2D eigenvalue weighted by Crippen LogP contribution is -2.42. The minimum absolute atomic E-state index is 0.341. The molecule has 1 aromatic rings. The summed E-state index contributed by atoms with van der Waals surface area (Å²) in [5.74, 6) is -2.83. The first-order chi connectivity index (χ1) is 12.4. The average molecular weight is 377 g/mol. The normalized spacial score (nSPS) is 25.3. The molecule has 2 aliphatic carbocycles. The van der Waals surface area contributed by atoms with Gasteiger partial charge in [0.15, 0.2) is 0 Å². The zero-order chi connectivity index (χ0) is 18.8. The molecule has 1 saturated carbocycles. The number of hydrogen-bond acceptors (Lipinski definition) is 5. The van der Waals surface area contributed by atoms with E-state index in [1.165, 1.54) is 11.3 Å². The van der Waals surface area contributed by atoms with Crippen LogP contribution in [0.5, 0.6) is 0 Å². The van der Waals surface area contributed by atoms with Gasteiger partial charge in [-0.25, -0.2) is 0 Å². The van der Waals surface area contributed by atoms with Crippen LogP contribution in [0.1, 0.15) is 66.2 Å². The fraction of sp³-hybridized carbons (Fsp3) is 0.632. The molecular formula is C19H25N2O4S-. The van der Waals surface area contributed by atoms with Crippen LogP contribution in [0.2, 0.25) is 0 Å². The molecule has 26 heavy (non-hydrogen) atoms. The van der Waals surface area contributed by atoms with Crippen molar-refractivity contribution in [3.8, 4) is 0 Å². The van der Waals surface area contributed by atoms with Gasteiger partial charge < -0.3 is 21.0 Å². The highest BCUT2D eigenvalue weighted by atomic mass is 32.1. The van der Waals surface area contributed by atoms with Gasteiger partial charge in [-0.1, -0.05) is 26.2 Å². The quantitative estimate of drug-likeness (QED) is 0.815. The molecule has 2 aliphatic rings. The molecule has 0 spiro atoms. The molecule has 1 heterocycles. The van der Waals surface area contributed by atoms with Gasteiger partial charge in [-0.15, -0.1) is 11.3 Å². The van der Waals surface area contributed by atoms with Crippen LogP contribution < -0.4 is 16.2 Å². The maximum Gasteiger partial charge on any atom is 0.251 e. The molecule has 0 aliphatic heterocycles. The lowest BCUT2D eigenvalue weighted by Gasteiger charge is -2.31. The Morgan fingerprint density at radius 1 is 1.19 bits per heavy atom. The van der Waals surface area contributed by atoms with Crippen LogP contribution in [-0.2, 0) is 22.4 Å². The van der Waals surface area contributed by atoms with E-state index in [4.69, 9.17) is 5.73 Å². The highest BCUT2D eigenvalue weighted by Crippen LogP contribution is 2.41. The van der Waals surface area contributed by atoms with Gasteiger partial charge in [0.05, 0.1) is 5.56 Å². The van der Waals surface area contributed by atoms with Crippen molar-refractivity contribution in [3.63, 3.8) is 0 Å². The molecule has 3 unspecified atom stereocenters. The second-order valence-corrected chi connectivity index (χ2v) is 8.50. The Labute approximate surface area is 157 Å². The number of hydrogen-bond donors (Lipinski definition) is 2. The monoisotopic (exact) mass is 377 g/mol. The standard InChI is InChI=1S/C19H26N2O4S/c1-2-10-7-8-13-14(9-10)26-18(15(13)16(20)22)21-17(23)11-5-3-4-6-12(11)19(24)25/h10-12H,2-9H2,1H3,(H2,20,22)(H,21,23)(H,24,25)/p-1. The molecule has 7 heteroatoms. The summed E-state index contributed by atoms with van der Waals surface area (Å²) in [4.78, 5) is 37.2. The number of carboxylic acids is 1. The SMILES string of the molecule is CCC1CCc2c(sc(NC(=O)C3CCCCC3C(=O)[O-])c2C(N)=O)C1. The third-order valence-electron chi connectivity index (χ3n) is 5.83. The number of carboxylic acid groups (broad SMARTS) is 1. The van der Waals surface area contributed by atoms with Crippen LogP contribution >= 0.6 is 11.3 Å². The average Bonchev–Trinajstić information content (AvgIpc) is 2.98. The van der Waals surface area contributed by atoms with Crippen LogP contribution in [0.3, 0.4) is 0 Å². The molecule has 3 rings (SSSR count). The van der Waals surface area contributed by atoms with Gasteiger partial charge in [0, 0.05) is 22.7 Å². The molecule has 1 aromatic heterocycles. The predicted molar refractivity (Wildman–Crippen MR) is 97.7 cm³/mol. The van der Waals surface area contributed by atoms with Crippen LogP contribution in [0, 0.1) is 17.8 Å². The number of aliphatic carboxylic acids is 1. The minimum atomic E-state index is -1.17. The Hall–Kier alpha value is -1.89. The van der Waals surface area contributed by atoms with Crippen molar-refractivity contribution in [2.24, 2.45) is 23.5 Å². The Kier molecular flexibility index (Phi) is 5.65. The predicted octanol–water partition coefficient (Wildman–Crippen LogP) is 1.86. The summed E-state index contributed by atoms with van der Waals surface area (Å²) in [5.41, 5.74) is 6.96. The molecule has 0 saturated heterocycles. The van der Waals surface area contributed by atoms with E-state index in [1.54, 1.807) is 0 Å². The van der Waals surface area contributed by atoms with Crippen LogP contribution in [0.4, 0.5) is 5.00 Å². The Morgan fingerprint density at radius 3 is 2.50 bits per heavy atom. The van der Waals surface area contributed by atoms with Crippen molar-refractivity contribution in [2.75, 3.05) is 5.32 Å². The van der Waals surface area contributed by atoms with Crippen molar-refractivity contribution in [2.45, 2.75) is 58.3 Å². The third-order valence-corrected chi connectivity index (χ3v) is 7.00. The number of primary amides is 1. The van der Waals surface area contributed by atoms with Crippen LogP contribution in [0.25, 0.3) is 0 Å². The van der Waals surface area contributed by atoms with E-state index < -0.39 is 23.7 Å². The van der Waals surface area contributed by atoms with E-state index in [9.17, 15) is 19.5 Å². The minimum Gasteiger partial charge on any atom is -0.550 e. The summed E-state index contributed by atoms with van der Waals surface area (Å²) in [5, 5.41) is 14.7. The number of nitrogens with one attached hydrogen (secondary N) is 1. The summed E-state index contributed by atoms with van der Waals surface area (Å²) in [6.07, 6.45) is 6.40. The number of rotatable bonds is 5. The largest absolute Gasteiger partial charge is 0.550 e. The fourth-order valence-electron chi connectivity index (χ4n) is 4.28. The fourth-order valence-corrected chi connectivity index (χ4v) is 5.65. The molecule has 3 atom stereocenters. The Morgan fingerprint density at radius 2 is 1.88 bits per heavy atom. The van der Waals surface area contributed by atoms with Crippen molar-refractivity contribution < 1.29 is 19.5 Å². The van der Waals surface area contributed by atoms with Crippen molar-refractivity contribution in [1.82, 2.24) is 0 Å². The lowest BCUT2D eigenvalue weighted by molar-refractivity contribution is -0.313. The molecule has 142 valence electrons. The summed E-state index contributed by atoms with van der Waals surface area (Å²) in [7, 11) is 0. The molecule has 0 aromatic carbocycles. The van der Waals surface area contributed by atoms with Gasteiger partial charge in [0.25, 0.3) is 5.91 Å². The smallest absolute Gasteiger partial charge is 0.251 e. The molecular weight excluding hydrogens is 352 g/mol. The molecule has 1 fully saturated rings. The van der Waals surface area contributed by atoms with Gasteiger partial charge in [0.2, 0.25) is 5.91 Å². The number of carbonyl (C=O) groups excluding carboxylic acids is 3. The summed E-state index contributed by atoms with van der Waals surface area (Å²) in [6.45, 7) is 2.16. The van der Waals surface area contributed by atoms with E-state index in [-0.39, 0.29) is 5.91 Å². The Bertz CT molecular complexity index is 727. The first-order valence-electron chi connectivity index (χ1n) is 9.38. The summed E-state index contributed by atoms with van der Waals surface area (Å²) >= 11 is 1.42. The number of anilines is 1. The van der Waals surface area contributed by atoms with Crippen molar-refractivity contribution >= 4 is 34.1 Å². The summed E-state index contributed by atoms with van der Waals surface area (Å²) < 4.78 is 0. The zero-order valence-electron chi connectivity index (χ0n) is 15.0. The second-order valence-electron chi connectivity index (χ2n) is 7.39. The number of amides is 2. The molecule has 6 nitrogen and oxygen atoms in total. The zero-order valence-corrected chi connectivity index (χ0v) is 15.8. The van der Waals surface area contributed by atoms with E-state index in [1.807, 2.05) is 0 Å². The number of fused-ring (bicyclic) bond motifs is 1. The highest BCUT2D eigenvalue weighted by Gasteiger charge is 2.34. The number of carbonyl (C=O) groups is 3. The topological polar surface area (TPSA) is 112 Å². The van der Waals surface area contributed by atoms with Gasteiger partial charge in [-0.05, 0) is 43.6 Å². The Balaban J connectivity index is 1.85. The number of nitrogens with two attached hydrogens (primary N) is 1. The van der Waals surface area contributed by atoms with Gasteiger partial charge in [-0.2, -0.15) is 0 Å². The van der Waals surface area contributed by atoms with Crippen molar-refractivity contribution in [1.29, 1.82) is 0 Å². The number of thiophene rings is 1. The molecule has 0 radical (unpaired) electrons. The van der Waals surface area contributed by atoms with Crippen molar-refractivity contribution in [3.05, 3.63) is 16.0 Å². The first kappa shape index (κ1) is 18.9. The molecule has 3 N–H and O–H groups in total. The first-order valence-corrected chi connectivity index (χ1v) is 10.2. The van der Waals surface area contributed by atoms with Crippen LogP contribution in [-0.4, -0.2) is 17.8 Å². The highest BCUT2D eigenvalue weighted by molar-refractivity contribution is 7.17. The van der Waals surface area contributed by atoms with E-state index in [2.05, 4.69) is 12.2 Å². The van der Waals surface area contributed by atoms with Gasteiger partial charge in [0.1, 0.15) is 5.00 Å². The van der Waals surface area contributed by atoms with Gasteiger partial charge in [-0.3, -0.25) is 9.59 Å². The summed E-state index contributed by atoms with van der Waals surface area (Å²) in [6, 6.07) is 0. The lowest BCUT2D eigenvalue weighted by atomic mass is 9.78. The van der Waals surface area contributed by atoms with Crippen LogP contribution in [0.15, 0.2) is 0 Å². The third kappa shape index (κ3) is 3.63. The maximum atomic E-state index is 12.7.